The van der Waals surface area contributed by atoms with Gasteiger partial charge in [0.1, 0.15) is 5.75 Å². The Morgan fingerprint density at radius 1 is 0.886 bits per heavy atom. The van der Waals surface area contributed by atoms with Crippen LogP contribution in [0.3, 0.4) is 0 Å². The first-order valence-electron chi connectivity index (χ1n) is 12.0. The van der Waals surface area contributed by atoms with E-state index in [4.69, 9.17) is 17.0 Å². The zero-order valence-electron chi connectivity index (χ0n) is 19.9. The molecule has 8 nitrogen and oxygen atoms in total. The largest absolute Gasteiger partial charge is 0.494 e. The molecule has 0 atom stereocenters. The Labute approximate surface area is 211 Å². The predicted octanol–water partition coefficient (Wildman–Crippen LogP) is 4.33. The Morgan fingerprint density at radius 2 is 1.51 bits per heavy atom. The van der Waals surface area contributed by atoms with Crippen molar-refractivity contribution in [3.8, 4) is 5.75 Å². The van der Waals surface area contributed by atoms with E-state index in [1.165, 1.54) is 6.42 Å². The maximum absolute atomic E-state index is 12.4. The van der Waals surface area contributed by atoms with Crippen molar-refractivity contribution in [2.75, 3.05) is 11.9 Å². The third-order valence-corrected chi connectivity index (χ3v) is 5.99. The van der Waals surface area contributed by atoms with Crippen molar-refractivity contribution in [1.29, 1.82) is 0 Å². The van der Waals surface area contributed by atoms with Crippen molar-refractivity contribution in [1.82, 2.24) is 16.2 Å². The molecule has 1 fully saturated rings. The number of rotatable bonds is 8. The van der Waals surface area contributed by atoms with Crippen LogP contribution < -0.4 is 26.2 Å². The molecule has 0 saturated heterocycles. The number of carbonyl (C=O) groups is 3. The lowest BCUT2D eigenvalue weighted by molar-refractivity contribution is -0.120. The van der Waals surface area contributed by atoms with E-state index in [2.05, 4.69) is 28.4 Å². The second-order valence-corrected chi connectivity index (χ2v) is 8.90. The van der Waals surface area contributed by atoms with Gasteiger partial charge in [0.25, 0.3) is 11.8 Å². The molecule has 1 aliphatic rings. The fraction of sp³-hybridized carbons (Fsp3) is 0.385. The summed E-state index contributed by atoms with van der Waals surface area (Å²) in [6, 6.07) is 13.3. The summed E-state index contributed by atoms with van der Waals surface area (Å²) in [7, 11) is 0. The van der Waals surface area contributed by atoms with Crippen molar-refractivity contribution in [3.05, 3.63) is 59.7 Å². The van der Waals surface area contributed by atoms with Gasteiger partial charge < -0.3 is 10.1 Å². The number of carbonyl (C=O) groups excluding carboxylic acids is 3. The molecule has 0 aliphatic heterocycles. The molecule has 0 unspecified atom stereocenters. The number of benzene rings is 2. The van der Waals surface area contributed by atoms with Gasteiger partial charge in [-0.3, -0.25) is 30.6 Å². The molecule has 3 rings (SSSR count). The van der Waals surface area contributed by atoms with Crippen molar-refractivity contribution in [2.45, 2.75) is 51.9 Å². The Kier molecular flexibility index (Phi) is 10.0. The van der Waals surface area contributed by atoms with Crippen LogP contribution in [0.2, 0.25) is 0 Å². The fourth-order valence-corrected chi connectivity index (χ4v) is 3.89. The van der Waals surface area contributed by atoms with Gasteiger partial charge >= 0.3 is 0 Å². The highest BCUT2D eigenvalue weighted by molar-refractivity contribution is 7.80. The third-order valence-electron chi connectivity index (χ3n) is 5.79. The van der Waals surface area contributed by atoms with E-state index in [-0.39, 0.29) is 16.9 Å². The molecular weight excluding hydrogens is 464 g/mol. The lowest BCUT2D eigenvalue weighted by atomic mass is 9.88. The van der Waals surface area contributed by atoms with Crippen LogP contribution in [0.5, 0.6) is 5.75 Å². The molecule has 1 saturated carbocycles. The molecule has 2 aromatic rings. The quantitative estimate of drug-likeness (QED) is 0.246. The maximum atomic E-state index is 12.4. The molecule has 1 aliphatic carbocycles. The maximum Gasteiger partial charge on any atom is 0.269 e. The lowest BCUT2D eigenvalue weighted by Gasteiger charge is -2.20. The Balaban J connectivity index is 1.41. The first kappa shape index (κ1) is 26.2. The van der Waals surface area contributed by atoms with Crippen LogP contribution >= 0.6 is 12.2 Å². The minimum atomic E-state index is -0.430. The summed E-state index contributed by atoms with van der Waals surface area (Å²) in [5.41, 5.74) is 6.41. The molecule has 35 heavy (non-hydrogen) atoms. The number of hydrazine groups is 1. The molecule has 9 heteroatoms. The normalized spacial score (nSPS) is 13.4. The van der Waals surface area contributed by atoms with Crippen molar-refractivity contribution < 1.29 is 19.1 Å². The molecule has 3 amide bonds. The molecule has 0 radical (unpaired) electrons. The van der Waals surface area contributed by atoms with E-state index in [0.29, 0.717) is 29.2 Å². The number of amides is 3. The van der Waals surface area contributed by atoms with E-state index in [1.54, 1.807) is 48.5 Å². The minimum absolute atomic E-state index is 0.0308. The van der Waals surface area contributed by atoms with Crippen LogP contribution in [0.4, 0.5) is 5.69 Å². The first-order valence-corrected chi connectivity index (χ1v) is 12.4. The average Bonchev–Trinajstić information content (AvgIpc) is 2.88. The zero-order valence-corrected chi connectivity index (χ0v) is 20.7. The van der Waals surface area contributed by atoms with Gasteiger partial charge in [-0.15, -0.1) is 0 Å². The second-order valence-electron chi connectivity index (χ2n) is 8.49. The van der Waals surface area contributed by atoms with Crippen molar-refractivity contribution in [2.24, 2.45) is 5.92 Å². The van der Waals surface area contributed by atoms with Gasteiger partial charge in [0.2, 0.25) is 5.91 Å². The van der Waals surface area contributed by atoms with Gasteiger partial charge in [0.15, 0.2) is 5.11 Å². The summed E-state index contributed by atoms with van der Waals surface area (Å²) in [6.07, 6.45) is 7.23. The number of anilines is 1. The highest BCUT2D eigenvalue weighted by atomic mass is 32.1. The zero-order chi connectivity index (χ0) is 25.0. The molecule has 0 bridgehead atoms. The summed E-state index contributed by atoms with van der Waals surface area (Å²) in [4.78, 5) is 37.1. The first-order chi connectivity index (χ1) is 17.0. The van der Waals surface area contributed by atoms with E-state index in [1.807, 2.05) is 0 Å². The summed E-state index contributed by atoms with van der Waals surface area (Å²) >= 11 is 5.10. The van der Waals surface area contributed by atoms with Crippen LogP contribution in [0.15, 0.2) is 48.5 Å². The highest BCUT2D eigenvalue weighted by Crippen LogP contribution is 2.25. The van der Waals surface area contributed by atoms with Crippen LogP contribution in [0.1, 0.15) is 72.6 Å². The monoisotopic (exact) mass is 496 g/mol. The van der Waals surface area contributed by atoms with Crippen LogP contribution in [0, 0.1) is 5.92 Å². The van der Waals surface area contributed by atoms with Crippen LogP contribution in [0.25, 0.3) is 0 Å². The standard InChI is InChI=1S/C26H32N4O4S/c1-2-3-17-34-22-15-11-19(12-16-22)24(32)28-26(35)30-29-25(33)20-9-13-21(14-10-20)27-23(31)18-7-5-4-6-8-18/h9-16,18H,2-8,17H2,1H3,(H,27,31)(H,29,33)(H2,28,30,32,35). The molecule has 2 aromatic carbocycles. The van der Waals surface area contributed by atoms with Gasteiger partial charge in [-0.05, 0) is 80.0 Å². The summed E-state index contributed by atoms with van der Waals surface area (Å²) < 4.78 is 5.59. The average molecular weight is 497 g/mol. The number of hydrogen-bond donors (Lipinski definition) is 4. The summed E-state index contributed by atoms with van der Waals surface area (Å²) in [5, 5.41) is 5.39. The number of thiocarbonyl (C=S) groups is 1. The molecule has 186 valence electrons. The van der Waals surface area contributed by atoms with Gasteiger partial charge in [-0.2, -0.15) is 0 Å². The predicted molar refractivity (Wildman–Crippen MR) is 139 cm³/mol. The third kappa shape index (κ3) is 8.36. The number of hydrogen-bond acceptors (Lipinski definition) is 5. The smallest absolute Gasteiger partial charge is 0.269 e. The van der Waals surface area contributed by atoms with E-state index < -0.39 is 11.8 Å². The fourth-order valence-electron chi connectivity index (χ4n) is 3.74. The van der Waals surface area contributed by atoms with E-state index in [9.17, 15) is 14.4 Å². The minimum Gasteiger partial charge on any atom is -0.494 e. The Hall–Kier alpha value is -3.46. The molecular formula is C26H32N4O4S. The van der Waals surface area contributed by atoms with Crippen LogP contribution in [-0.4, -0.2) is 29.4 Å². The van der Waals surface area contributed by atoms with Gasteiger partial charge in [-0.25, -0.2) is 0 Å². The van der Waals surface area contributed by atoms with Crippen LogP contribution in [-0.2, 0) is 4.79 Å². The molecule has 4 N–H and O–H groups in total. The summed E-state index contributed by atoms with van der Waals surface area (Å²) in [5.74, 6) is -0.0506. The second kappa shape index (κ2) is 13.4. The Bertz CT molecular complexity index is 1020. The number of unbranched alkanes of at least 4 members (excludes halogenated alkanes) is 1. The molecule has 0 spiro atoms. The summed E-state index contributed by atoms with van der Waals surface area (Å²) in [6.45, 7) is 2.72. The van der Waals surface area contributed by atoms with Gasteiger partial charge in [0.05, 0.1) is 6.61 Å². The van der Waals surface area contributed by atoms with Crippen molar-refractivity contribution in [3.63, 3.8) is 0 Å². The molecule has 0 heterocycles. The number of ether oxygens (including phenoxy) is 1. The SMILES string of the molecule is CCCCOc1ccc(C(=O)NC(=S)NNC(=O)c2ccc(NC(=O)C3CCCCC3)cc2)cc1. The highest BCUT2D eigenvalue weighted by Gasteiger charge is 2.21. The van der Waals surface area contributed by atoms with Gasteiger partial charge in [-0.1, -0.05) is 32.6 Å². The van der Waals surface area contributed by atoms with Gasteiger partial charge in [0, 0.05) is 22.7 Å². The van der Waals surface area contributed by atoms with E-state index >= 15 is 0 Å². The van der Waals surface area contributed by atoms with E-state index in [0.717, 1.165) is 38.5 Å². The number of nitrogens with one attached hydrogen (secondary N) is 4. The molecule has 0 aromatic heterocycles. The topological polar surface area (TPSA) is 109 Å². The lowest BCUT2D eigenvalue weighted by Crippen LogP contribution is -2.48. The van der Waals surface area contributed by atoms with Crippen molar-refractivity contribution >= 4 is 40.7 Å². The Morgan fingerprint density at radius 3 is 2.17 bits per heavy atom.